The molecule has 1 aliphatic rings. The second-order valence-electron chi connectivity index (χ2n) is 4.96. The van der Waals surface area contributed by atoms with E-state index >= 15 is 0 Å². The topological polar surface area (TPSA) is 75.3 Å². The van der Waals surface area contributed by atoms with E-state index in [1.54, 1.807) is 6.92 Å². The summed E-state index contributed by atoms with van der Waals surface area (Å²) in [6, 6.07) is 0. The number of aliphatic hydroxyl groups excluding tert-OH is 1. The van der Waals surface area contributed by atoms with E-state index in [0.717, 1.165) is 38.5 Å². The quantitative estimate of drug-likeness (QED) is 0.613. The number of hydrogen-bond acceptors (Lipinski definition) is 3. The summed E-state index contributed by atoms with van der Waals surface area (Å²) in [5, 5.41) is 12.0. The van der Waals surface area contributed by atoms with Gasteiger partial charge in [0.2, 0.25) is 5.91 Å². The van der Waals surface area contributed by atoms with Crippen molar-refractivity contribution in [3.05, 3.63) is 0 Å². The van der Waals surface area contributed by atoms with E-state index < -0.39 is 5.54 Å². The van der Waals surface area contributed by atoms with Gasteiger partial charge in [-0.25, -0.2) is 0 Å². The first kappa shape index (κ1) is 13.5. The molecule has 4 heteroatoms. The van der Waals surface area contributed by atoms with Gasteiger partial charge in [-0.2, -0.15) is 0 Å². The minimum atomic E-state index is -0.636. The molecule has 0 aliphatic heterocycles. The van der Waals surface area contributed by atoms with E-state index in [9.17, 15) is 4.79 Å². The second kappa shape index (κ2) is 6.21. The summed E-state index contributed by atoms with van der Waals surface area (Å²) in [6.45, 7) is 2.37. The van der Waals surface area contributed by atoms with Crippen LogP contribution in [0.4, 0.5) is 0 Å². The molecule has 0 aromatic heterocycles. The molecular formula is C12H24N2O2. The lowest BCUT2D eigenvalue weighted by molar-refractivity contribution is -0.127. The highest BCUT2D eigenvalue weighted by atomic mass is 16.3. The maximum absolute atomic E-state index is 11.9. The first-order chi connectivity index (χ1) is 7.54. The van der Waals surface area contributed by atoms with Crippen molar-refractivity contribution in [2.24, 2.45) is 5.73 Å². The van der Waals surface area contributed by atoms with Gasteiger partial charge in [0.25, 0.3) is 0 Å². The molecule has 0 spiro atoms. The highest BCUT2D eigenvalue weighted by Gasteiger charge is 2.34. The minimum absolute atomic E-state index is 0.0159. The third kappa shape index (κ3) is 4.10. The van der Waals surface area contributed by atoms with E-state index in [1.165, 1.54) is 6.42 Å². The summed E-state index contributed by atoms with van der Waals surface area (Å²) in [5.41, 5.74) is 5.45. The van der Waals surface area contributed by atoms with Crippen molar-refractivity contribution < 1.29 is 9.90 Å². The van der Waals surface area contributed by atoms with Gasteiger partial charge in [0.15, 0.2) is 0 Å². The predicted octanol–water partition coefficient (Wildman–Crippen LogP) is 0.925. The highest BCUT2D eigenvalue weighted by molar-refractivity contribution is 5.86. The number of carbonyl (C=O) groups is 1. The minimum Gasteiger partial charge on any atom is -0.393 e. The predicted molar refractivity (Wildman–Crippen MR) is 63.9 cm³/mol. The molecule has 1 fully saturated rings. The molecule has 1 aliphatic carbocycles. The Hall–Kier alpha value is -0.610. The molecule has 1 amide bonds. The zero-order valence-corrected chi connectivity index (χ0v) is 10.2. The maximum atomic E-state index is 11.9. The normalized spacial score (nSPS) is 21.4. The van der Waals surface area contributed by atoms with Crippen molar-refractivity contribution >= 4 is 5.91 Å². The molecule has 1 unspecified atom stereocenters. The van der Waals surface area contributed by atoms with E-state index in [0.29, 0.717) is 6.54 Å². The first-order valence-corrected chi connectivity index (χ1v) is 6.30. The van der Waals surface area contributed by atoms with Crippen molar-refractivity contribution in [1.29, 1.82) is 0 Å². The Bertz CT molecular complexity index is 223. The second-order valence-corrected chi connectivity index (χ2v) is 4.96. The summed E-state index contributed by atoms with van der Waals surface area (Å²) >= 11 is 0. The van der Waals surface area contributed by atoms with Crippen molar-refractivity contribution in [2.45, 2.75) is 63.5 Å². The molecule has 0 bridgehead atoms. The Labute approximate surface area is 97.6 Å². The number of nitrogens with two attached hydrogens (primary N) is 1. The van der Waals surface area contributed by atoms with Crippen LogP contribution in [0.5, 0.6) is 0 Å². The fourth-order valence-corrected chi connectivity index (χ4v) is 2.19. The van der Waals surface area contributed by atoms with Gasteiger partial charge in [0.1, 0.15) is 0 Å². The molecule has 1 atom stereocenters. The average Bonchev–Trinajstić information content (AvgIpc) is 2.25. The molecule has 16 heavy (non-hydrogen) atoms. The summed E-state index contributed by atoms with van der Waals surface area (Å²) < 4.78 is 0. The van der Waals surface area contributed by atoms with Gasteiger partial charge in [0.05, 0.1) is 11.6 Å². The van der Waals surface area contributed by atoms with Gasteiger partial charge in [-0.15, -0.1) is 0 Å². The van der Waals surface area contributed by atoms with Crippen LogP contribution in [0.15, 0.2) is 0 Å². The van der Waals surface area contributed by atoms with Crippen LogP contribution in [-0.2, 0) is 4.79 Å². The van der Waals surface area contributed by atoms with Crippen LogP contribution in [0.2, 0.25) is 0 Å². The third-order valence-electron chi connectivity index (χ3n) is 3.28. The monoisotopic (exact) mass is 228 g/mol. The van der Waals surface area contributed by atoms with Gasteiger partial charge in [-0.3, -0.25) is 4.79 Å². The molecule has 94 valence electrons. The zero-order valence-electron chi connectivity index (χ0n) is 10.2. The summed E-state index contributed by atoms with van der Waals surface area (Å²) in [4.78, 5) is 11.9. The number of aliphatic hydroxyl groups is 1. The summed E-state index contributed by atoms with van der Waals surface area (Å²) in [5.74, 6) is -0.0159. The lowest BCUT2D eigenvalue weighted by Gasteiger charge is -2.31. The van der Waals surface area contributed by atoms with Gasteiger partial charge < -0.3 is 16.2 Å². The molecule has 0 saturated heterocycles. The number of carbonyl (C=O) groups excluding carboxylic acids is 1. The van der Waals surface area contributed by atoms with Gasteiger partial charge >= 0.3 is 0 Å². The molecule has 0 heterocycles. The van der Waals surface area contributed by atoms with Crippen LogP contribution in [0, 0.1) is 0 Å². The van der Waals surface area contributed by atoms with Crippen LogP contribution < -0.4 is 11.1 Å². The van der Waals surface area contributed by atoms with Gasteiger partial charge in [-0.1, -0.05) is 19.3 Å². The third-order valence-corrected chi connectivity index (χ3v) is 3.28. The van der Waals surface area contributed by atoms with Crippen molar-refractivity contribution in [3.63, 3.8) is 0 Å². The maximum Gasteiger partial charge on any atom is 0.240 e. The molecular weight excluding hydrogens is 204 g/mol. The summed E-state index contributed by atoms with van der Waals surface area (Å²) in [6.07, 6.45) is 6.13. The molecule has 0 aromatic carbocycles. The Morgan fingerprint density at radius 1 is 1.44 bits per heavy atom. The van der Waals surface area contributed by atoms with Crippen LogP contribution in [-0.4, -0.2) is 29.2 Å². The average molecular weight is 228 g/mol. The largest absolute Gasteiger partial charge is 0.393 e. The van der Waals surface area contributed by atoms with Gasteiger partial charge in [-0.05, 0) is 32.6 Å². The zero-order chi connectivity index (χ0) is 12.0. The molecule has 4 nitrogen and oxygen atoms in total. The van der Waals surface area contributed by atoms with E-state index in [1.807, 2.05) is 0 Å². The Morgan fingerprint density at radius 2 is 2.06 bits per heavy atom. The van der Waals surface area contributed by atoms with E-state index in [2.05, 4.69) is 5.32 Å². The standard InChI is InChI=1S/C12H24N2O2/c1-10(15)6-5-9-14-11(16)12(13)7-3-2-4-8-12/h10,15H,2-9,13H2,1H3,(H,14,16). The number of rotatable bonds is 5. The number of hydrogen-bond donors (Lipinski definition) is 3. The van der Waals surface area contributed by atoms with Crippen molar-refractivity contribution in [3.8, 4) is 0 Å². The highest BCUT2D eigenvalue weighted by Crippen LogP contribution is 2.25. The molecule has 1 saturated carbocycles. The number of amides is 1. The Morgan fingerprint density at radius 3 is 2.62 bits per heavy atom. The SMILES string of the molecule is CC(O)CCCNC(=O)C1(N)CCCCC1. The van der Waals surface area contributed by atoms with Crippen LogP contribution in [0.1, 0.15) is 51.9 Å². The lowest BCUT2D eigenvalue weighted by Crippen LogP contribution is -2.55. The van der Waals surface area contributed by atoms with Crippen molar-refractivity contribution in [2.75, 3.05) is 6.54 Å². The number of nitrogens with one attached hydrogen (secondary N) is 1. The fourth-order valence-electron chi connectivity index (χ4n) is 2.19. The molecule has 0 aromatic rings. The molecule has 4 N–H and O–H groups in total. The van der Waals surface area contributed by atoms with Crippen molar-refractivity contribution in [1.82, 2.24) is 5.32 Å². The fraction of sp³-hybridized carbons (Fsp3) is 0.917. The van der Waals surface area contributed by atoms with E-state index in [4.69, 9.17) is 10.8 Å². The van der Waals surface area contributed by atoms with E-state index in [-0.39, 0.29) is 12.0 Å². The van der Waals surface area contributed by atoms with Crippen LogP contribution >= 0.6 is 0 Å². The Kier molecular flexibility index (Phi) is 5.22. The van der Waals surface area contributed by atoms with Crippen LogP contribution in [0.25, 0.3) is 0 Å². The summed E-state index contributed by atoms with van der Waals surface area (Å²) in [7, 11) is 0. The molecule has 1 rings (SSSR count). The smallest absolute Gasteiger partial charge is 0.240 e. The van der Waals surface area contributed by atoms with Gasteiger partial charge in [0, 0.05) is 6.54 Å². The Balaban J connectivity index is 2.23. The lowest BCUT2D eigenvalue weighted by atomic mass is 9.82. The molecule has 0 radical (unpaired) electrons. The van der Waals surface area contributed by atoms with Crippen LogP contribution in [0.3, 0.4) is 0 Å². The first-order valence-electron chi connectivity index (χ1n) is 6.30.